The monoisotopic (exact) mass is 338 g/mol. The van der Waals surface area contributed by atoms with Gasteiger partial charge in [0.25, 0.3) is 0 Å². The Kier molecular flexibility index (Phi) is 4.21. The van der Waals surface area contributed by atoms with Gasteiger partial charge in [-0.2, -0.15) is 5.10 Å². The summed E-state index contributed by atoms with van der Waals surface area (Å²) in [5, 5.41) is 7.75. The number of hydrogen-bond donors (Lipinski definition) is 2. The molecule has 0 spiro atoms. The fraction of sp³-hybridized carbons (Fsp3) is 0.231. The highest BCUT2D eigenvalue weighted by Gasteiger charge is 2.08. The molecule has 0 atom stereocenters. The average molecular weight is 339 g/mol. The van der Waals surface area contributed by atoms with Crippen molar-refractivity contribution in [3.63, 3.8) is 0 Å². The molecule has 0 radical (unpaired) electrons. The molecule has 100 valence electrons. The number of nitrogens with two attached hydrogens (primary N) is 1. The highest BCUT2D eigenvalue weighted by molar-refractivity contribution is 9.10. The van der Waals surface area contributed by atoms with E-state index < -0.39 is 0 Å². The lowest BCUT2D eigenvalue weighted by Gasteiger charge is -2.08. The lowest BCUT2D eigenvalue weighted by Crippen LogP contribution is -2.10. The Morgan fingerprint density at radius 1 is 1.53 bits per heavy atom. The Labute approximate surface area is 126 Å². The quantitative estimate of drug-likeness (QED) is 0.841. The minimum Gasteiger partial charge on any atom is -0.389 e. The molecule has 6 heteroatoms. The molecule has 0 fully saturated rings. The standard InChI is InChI=1S/C13H15BrN4S/c1-3-11-12(7-18(2)17-11)16-8-4-5-9(13(15)19)10(14)6-8/h4-7,16H,3H2,1-2H3,(H2,15,19). The molecule has 2 rings (SSSR count). The van der Waals surface area contributed by atoms with Crippen molar-refractivity contribution in [2.24, 2.45) is 12.8 Å². The molecular weight excluding hydrogens is 324 g/mol. The first kappa shape index (κ1) is 14.0. The molecule has 0 aliphatic heterocycles. The average Bonchev–Trinajstić information content (AvgIpc) is 2.69. The van der Waals surface area contributed by atoms with Crippen LogP contribution >= 0.6 is 28.1 Å². The van der Waals surface area contributed by atoms with E-state index in [4.69, 9.17) is 18.0 Å². The van der Waals surface area contributed by atoms with Gasteiger partial charge >= 0.3 is 0 Å². The zero-order valence-electron chi connectivity index (χ0n) is 10.8. The molecular formula is C13H15BrN4S. The highest BCUT2D eigenvalue weighted by Crippen LogP contribution is 2.25. The fourth-order valence-corrected chi connectivity index (χ4v) is 2.75. The summed E-state index contributed by atoms with van der Waals surface area (Å²) in [6.07, 6.45) is 2.85. The lowest BCUT2D eigenvalue weighted by atomic mass is 10.2. The summed E-state index contributed by atoms with van der Waals surface area (Å²) in [5.74, 6) is 0. The Balaban J connectivity index is 2.28. The van der Waals surface area contributed by atoms with Crippen LogP contribution in [0.1, 0.15) is 18.2 Å². The highest BCUT2D eigenvalue weighted by atomic mass is 79.9. The number of hydrogen-bond acceptors (Lipinski definition) is 3. The number of anilines is 2. The number of nitrogens with zero attached hydrogens (tertiary/aromatic N) is 2. The maximum atomic E-state index is 5.63. The van der Waals surface area contributed by atoms with Crippen LogP contribution in [0.25, 0.3) is 0 Å². The maximum absolute atomic E-state index is 5.63. The van der Waals surface area contributed by atoms with Crippen LogP contribution in [0.15, 0.2) is 28.9 Å². The van der Waals surface area contributed by atoms with Gasteiger partial charge in [0.05, 0.1) is 11.4 Å². The summed E-state index contributed by atoms with van der Waals surface area (Å²) in [6, 6.07) is 5.81. The number of thiocarbonyl (C=S) groups is 1. The van der Waals surface area contributed by atoms with Gasteiger partial charge in [-0.15, -0.1) is 0 Å². The number of aryl methyl sites for hydroxylation is 2. The van der Waals surface area contributed by atoms with E-state index in [1.807, 2.05) is 31.4 Å². The van der Waals surface area contributed by atoms with Crippen LogP contribution in [0.3, 0.4) is 0 Å². The van der Waals surface area contributed by atoms with Crippen LogP contribution < -0.4 is 11.1 Å². The largest absolute Gasteiger partial charge is 0.389 e. The topological polar surface area (TPSA) is 55.9 Å². The van der Waals surface area contributed by atoms with Crippen LogP contribution in [-0.4, -0.2) is 14.8 Å². The van der Waals surface area contributed by atoms with Crippen LogP contribution in [0.4, 0.5) is 11.4 Å². The SMILES string of the molecule is CCc1nn(C)cc1Nc1ccc(C(N)=S)c(Br)c1. The zero-order valence-corrected chi connectivity index (χ0v) is 13.2. The third-order valence-corrected chi connectivity index (χ3v) is 3.63. The summed E-state index contributed by atoms with van der Waals surface area (Å²) in [4.78, 5) is 0.383. The van der Waals surface area contributed by atoms with Crippen molar-refractivity contribution in [2.45, 2.75) is 13.3 Å². The van der Waals surface area contributed by atoms with Crippen molar-refractivity contribution < 1.29 is 0 Å². The van der Waals surface area contributed by atoms with Crippen LogP contribution in [0.2, 0.25) is 0 Å². The molecule has 0 aliphatic carbocycles. The summed E-state index contributed by atoms with van der Waals surface area (Å²) in [5.41, 5.74) is 9.49. The van der Waals surface area contributed by atoms with Crippen molar-refractivity contribution in [3.8, 4) is 0 Å². The van der Waals surface area contributed by atoms with Gasteiger partial charge in [-0.25, -0.2) is 0 Å². The third-order valence-electron chi connectivity index (χ3n) is 2.75. The molecule has 0 unspecified atom stereocenters. The van der Waals surface area contributed by atoms with Crippen molar-refractivity contribution in [3.05, 3.63) is 40.1 Å². The molecule has 1 heterocycles. The summed E-state index contributed by atoms with van der Waals surface area (Å²) < 4.78 is 2.69. The molecule has 0 saturated heterocycles. The third kappa shape index (κ3) is 3.13. The number of benzene rings is 1. The maximum Gasteiger partial charge on any atom is 0.105 e. The predicted octanol–water partition coefficient (Wildman–Crippen LogP) is 3.12. The number of nitrogens with one attached hydrogen (secondary N) is 1. The molecule has 0 amide bonds. The van der Waals surface area contributed by atoms with Crippen molar-refractivity contribution >= 4 is 44.5 Å². The van der Waals surface area contributed by atoms with Gasteiger partial charge in [-0.1, -0.05) is 19.1 Å². The van der Waals surface area contributed by atoms with Gasteiger partial charge in [0.2, 0.25) is 0 Å². The molecule has 2 aromatic rings. The second-order valence-electron chi connectivity index (χ2n) is 4.20. The Morgan fingerprint density at radius 3 is 2.84 bits per heavy atom. The molecule has 0 bridgehead atoms. The molecule has 0 aliphatic rings. The first-order valence-corrected chi connectivity index (χ1v) is 7.10. The van der Waals surface area contributed by atoms with E-state index in [0.717, 1.165) is 33.5 Å². The first-order valence-electron chi connectivity index (χ1n) is 5.90. The van der Waals surface area contributed by atoms with E-state index in [2.05, 4.69) is 33.3 Å². The van der Waals surface area contributed by atoms with Gasteiger partial charge in [-0.05, 0) is 40.5 Å². The Hall–Kier alpha value is -1.40. The van der Waals surface area contributed by atoms with Crippen LogP contribution in [-0.2, 0) is 13.5 Å². The minimum absolute atomic E-state index is 0.383. The number of aromatic nitrogens is 2. The number of rotatable bonds is 4. The van der Waals surface area contributed by atoms with E-state index in [1.165, 1.54) is 0 Å². The molecule has 1 aromatic carbocycles. The fourth-order valence-electron chi connectivity index (χ4n) is 1.85. The van der Waals surface area contributed by atoms with Crippen molar-refractivity contribution in [1.82, 2.24) is 9.78 Å². The van der Waals surface area contributed by atoms with Crippen LogP contribution in [0.5, 0.6) is 0 Å². The van der Waals surface area contributed by atoms with E-state index >= 15 is 0 Å². The van der Waals surface area contributed by atoms with Gasteiger partial charge in [-0.3, -0.25) is 4.68 Å². The van der Waals surface area contributed by atoms with E-state index in [0.29, 0.717) is 4.99 Å². The second kappa shape index (κ2) is 5.71. The van der Waals surface area contributed by atoms with E-state index in [1.54, 1.807) is 4.68 Å². The minimum atomic E-state index is 0.383. The van der Waals surface area contributed by atoms with Crippen molar-refractivity contribution in [2.75, 3.05) is 5.32 Å². The smallest absolute Gasteiger partial charge is 0.105 e. The lowest BCUT2D eigenvalue weighted by molar-refractivity contribution is 0.746. The molecule has 4 nitrogen and oxygen atoms in total. The van der Waals surface area contributed by atoms with Crippen LogP contribution in [0, 0.1) is 0 Å². The van der Waals surface area contributed by atoms with Gasteiger partial charge in [0.1, 0.15) is 4.99 Å². The van der Waals surface area contributed by atoms with Gasteiger partial charge < -0.3 is 11.1 Å². The van der Waals surface area contributed by atoms with Crippen molar-refractivity contribution in [1.29, 1.82) is 0 Å². The molecule has 1 aromatic heterocycles. The molecule has 0 saturated carbocycles. The molecule has 3 N–H and O–H groups in total. The first-order chi connectivity index (χ1) is 9.01. The predicted molar refractivity (Wildman–Crippen MR) is 85.9 cm³/mol. The van der Waals surface area contributed by atoms with E-state index in [9.17, 15) is 0 Å². The molecule has 19 heavy (non-hydrogen) atoms. The van der Waals surface area contributed by atoms with Gasteiger partial charge in [0.15, 0.2) is 0 Å². The van der Waals surface area contributed by atoms with E-state index in [-0.39, 0.29) is 0 Å². The Morgan fingerprint density at radius 2 is 2.26 bits per heavy atom. The normalized spacial score (nSPS) is 10.5. The zero-order chi connectivity index (χ0) is 14.0. The summed E-state index contributed by atoms with van der Waals surface area (Å²) >= 11 is 8.45. The Bertz CT molecular complexity index is 621. The second-order valence-corrected chi connectivity index (χ2v) is 5.49. The summed E-state index contributed by atoms with van der Waals surface area (Å²) in [6.45, 7) is 2.08. The number of halogens is 1. The summed E-state index contributed by atoms with van der Waals surface area (Å²) in [7, 11) is 1.91. The van der Waals surface area contributed by atoms with Gasteiger partial charge in [0, 0.05) is 29.0 Å².